The third-order valence-electron chi connectivity index (χ3n) is 10.8. The molecule has 0 saturated carbocycles. The summed E-state index contributed by atoms with van der Waals surface area (Å²) in [5, 5.41) is 0. The summed E-state index contributed by atoms with van der Waals surface area (Å²) in [6.45, 7) is 21.9. The Kier molecular flexibility index (Phi) is 31.1. The molecule has 1 aliphatic heterocycles. The van der Waals surface area contributed by atoms with Crippen LogP contribution in [0.25, 0.3) is 5.57 Å². The fourth-order valence-electron chi connectivity index (χ4n) is 7.00. The van der Waals surface area contributed by atoms with E-state index < -0.39 is 0 Å². The molecule has 6 rings (SSSR count). The maximum atomic E-state index is 4.94. The summed E-state index contributed by atoms with van der Waals surface area (Å²) in [5.41, 5.74) is 8.66. The van der Waals surface area contributed by atoms with Crippen LogP contribution in [0.3, 0.4) is 0 Å². The molecule has 4 atom stereocenters. The van der Waals surface area contributed by atoms with E-state index in [1.807, 2.05) is 25.1 Å². The van der Waals surface area contributed by atoms with Gasteiger partial charge >= 0.3 is 70.2 Å². The van der Waals surface area contributed by atoms with Crippen molar-refractivity contribution in [2.75, 3.05) is 13.2 Å². The van der Waals surface area contributed by atoms with Crippen LogP contribution in [0.15, 0.2) is 158 Å². The van der Waals surface area contributed by atoms with E-state index in [0.29, 0.717) is 11.8 Å². The predicted molar refractivity (Wildman–Crippen MR) is 242 cm³/mol. The van der Waals surface area contributed by atoms with E-state index in [2.05, 4.69) is 182 Å². The molecule has 3 heteroatoms. The zero-order chi connectivity index (χ0) is 37.7. The Hall–Kier alpha value is -1.97. The van der Waals surface area contributed by atoms with Crippen LogP contribution >= 0.6 is 0 Å². The van der Waals surface area contributed by atoms with Crippen molar-refractivity contribution in [2.45, 2.75) is 125 Å². The van der Waals surface area contributed by atoms with Gasteiger partial charge in [-0.15, -0.1) is 0 Å². The number of ether oxygens (including phenoxy) is 1. The van der Waals surface area contributed by atoms with Crippen molar-refractivity contribution < 1.29 is 75.0 Å². The van der Waals surface area contributed by atoms with E-state index in [4.69, 9.17) is 4.74 Å². The quantitative estimate of drug-likeness (QED) is 0.122. The Bertz CT molecular complexity index is 1540. The number of benzene rings is 5. The monoisotopic (exact) mass is 773 g/mol. The van der Waals surface area contributed by atoms with Crippen LogP contribution in [-0.2, 0) is 15.6 Å². The van der Waals surface area contributed by atoms with E-state index in [1.165, 1.54) is 66.3 Å². The zero-order valence-corrected chi connectivity index (χ0v) is 38.5. The van der Waals surface area contributed by atoms with Gasteiger partial charge in [-0.3, -0.25) is 0 Å². The molecule has 0 amide bonds. The molecular weight excluding hydrogens is 699 g/mol. The molecule has 0 N–H and O–H groups in total. The first-order valence-electron chi connectivity index (χ1n) is 19.6. The fourth-order valence-corrected chi connectivity index (χ4v) is 7.00. The van der Waals surface area contributed by atoms with Gasteiger partial charge < -0.3 is 4.74 Å². The maximum absolute atomic E-state index is 4.94. The fraction of sp³-hybridized carbons (Fsp3) is 0.396. The Labute approximate surface area is 400 Å². The predicted octanol–water partition coefficient (Wildman–Crippen LogP) is 9.89. The van der Waals surface area contributed by atoms with Gasteiger partial charge in [-0.05, 0) is 95.9 Å². The summed E-state index contributed by atoms with van der Waals surface area (Å²) in [5.74, 6) is 1.18. The zero-order valence-electron chi connectivity index (χ0n) is 35.4. The van der Waals surface area contributed by atoms with Gasteiger partial charge in [-0.25, -0.2) is 0 Å². The Morgan fingerprint density at radius 2 is 0.839 bits per heavy atom. The summed E-state index contributed by atoms with van der Waals surface area (Å²) in [6.07, 6.45) is 7.29. The van der Waals surface area contributed by atoms with E-state index in [9.17, 15) is 0 Å². The van der Waals surface area contributed by atoms with Crippen LogP contribution in [0.4, 0.5) is 0 Å². The van der Waals surface area contributed by atoms with Gasteiger partial charge in [0.15, 0.2) is 0 Å². The van der Waals surface area contributed by atoms with Gasteiger partial charge in [0.25, 0.3) is 0 Å². The van der Waals surface area contributed by atoms with Crippen molar-refractivity contribution in [1.82, 2.24) is 0 Å². The van der Waals surface area contributed by atoms with Crippen LogP contribution in [0.5, 0.6) is 0 Å². The number of hydrogen-bond donors (Lipinski definition) is 0. The minimum absolute atomic E-state index is 0. The molecule has 5 aromatic carbocycles. The summed E-state index contributed by atoms with van der Waals surface area (Å²) in [4.78, 5) is 0. The van der Waals surface area contributed by atoms with Gasteiger partial charge in [0, 0.05) is 13.2 Å². The molecule has 1 saturated heterocycles. The molecule has 5 aromatic rings. The van der Waals surface area contributed by atoms with Gasteiger partial charge in [-0.2, -0.15) is 0 Å². The van der Waals surface area contributed by atoms with Crippen molar-refractivity contribution in [1.29, 1.82) is 0 Å². The van der Waals surface area contributed by atoms with Gasteiger partial charge in [-0.1, -0.05) is 220 Å². The van der Waals surface area contributed by atoms with E-state index in [-0.39, 0.29) is 95.9 Å². The van der Waals surface area contributed by atoms with Crippen molar-refractivity contribution in [3.05, 3.63) is 186 Å². The number of rotatable bonds is 11. The first-order chi connectivity index (χ1) is 25.1. The molecule has 292 valence electrons. The maximum Gasteiger partial charge on any atom is 1.00 e. The molecule has 0 radical (unpaired) electrons. The van der Waals surface area contributed by atoms with Gasteiger partial charge in [0.1, 0.15) is 0 Å². The summed E-state index contributed by atoms with van der Waals surface area (Å²) >= 11 is 0. The largest absolute Gasteiger partial charge is 1.00 e. The molecule has 56 heavy (non-hydrogen) atoms. The molecule has 4 unspecified atom stereocenters. The molecule has 1 aliphatic rings. The van der Waals surface area contributed by atoms with Crippen molar-refractivity contribution in [2.24, 2.45) is 0 Å². The molecule has 1 heterocycles. The average Bonchev–Trinajstić information content (AvgIpc) is 3.81. The minimum Gasteiger partial charge on any atom is -0.381 e. The van der Waals surface area contributed by atoms with Crippen molar-refractivity contribution in [3.63, 3.8) is 0 Å². The van der Waals surface area contributed by atoms with Crippen LogP contribution in [0.2, 0.25) is 0 Å². The average molecular weight is 773 g/mol. The second-order valence-electron chi connectivity index (χ2n) is 15.1. The first kappa shape index (κ1) is 56.1. The minimum atomic E-state index is 0. The van der Waals surface area contributed by atoms with E-state index in [0.717, 1.165) is 18.8 Å². The Morgan fingerprint density at radius 3 is 1.07 bits per heavy atom. The molecule has 0 aromatic heterocycles. The summed E-state index contributed by atoms with van der Waals surface area (Å²) in [6, 6.07) is 53.7. The van der Waals surface area contributed by atoms with Crippen LogP contribution in [-0.4, -0.2) is 13.2 Å². The van der Waals surface area contributed by atoms with Crippen LogP contribution in [0, 0.1) is 0 Å². The topological polar surface area (TPSA) is 9.23 Å². The van der Waals surface area contributed by atoms with Crippen molar-refractivity contribution in [3.8, 4) is 0 Å². The molecule has 0 spiro atoms. The van der Waals surface area contributed by atoms with Crippen LogP contribution < -0.4 is 70.2 Å². The second kappa shape index (κ2) is 31.0. The number of allylic oxidation sites excluding steroid dienone is 1. The molecule has 1 fully saturated rings. The third kappa shape index (κ3) is 19.7. The normalized spacial score (nSPS) is 14.3. The Morgan fingerprint density at radius 1 is 0.554 bits per heavy atom. The molecule has 0 bridgehead atoms. The van der Waals surface area contributed by atoms with E-state index >= 15 is 0 Å². The number of hydrogen-bond acceptors (Lipinski definition) is 1. The summed E-state index contributed by atoms with van der Waals surface area (Å²) < 4.78 is 4.94. The van der Waals surface area contributed by atoms with Gasteiger partial charge in [0.2, 0.25) is 0 Å². The third-order valence-corrected chi connectivity index (χ3v) is 10.8. The van der Waals surface area contributed by atoms with Gasteiger partial charge in [0.05, 0.1) is 0 Å². The Balaban J connectivity index is 0. The summed E-state index contributed by atoms with van der Waals surface area (Å²) in [7, 11) is 0. The van der Waals surface area contributed by atoms with E-state index in [1.54, 1.807) is 0 Å². The standard InChI is InChI=1S/2C19H24.C9H10.C4H8O.2CH4.K.Li/c2*1-4-19(3,18-13-9-6-10-14-18)15-16(2)17-11-7-5-8-12-17;1-8(2)9-6-4-3-5-7-9;1-2-4-5-3-1;;;;/h2*5-14,16H,4,15H2,1-3H3;3-7H,1H2,2H3;1-4H2;2*1H4;;/q;;;;;;2*+1. The second-order valence-corrected chi connectivity index (χ2v) is 15.1. The smallest absolute Gasteiger partial charge is 0.381 e. The van der Waals surface area contributed by atoms with Crippen LogP contribution in [0.1, 0.15) is 141 Å². The molecular formula is C53H74KLiO+2. The first-order valence-corrected chi connectivity index (χ1v) is 19.6. The molecule has 0 aliphatic carbocycles. The SMILES string of the molecule is C.C.C1CCOC1.C=C(C)c1ccccc1.CCC(C)(CC(C)c1ccccc1)c1ccccc1.CCC(C)(CC(C)c1ccccc1)c1ccccc1.[K+].[Li+]. The molecule has 1 nitrogen and oxygen atoms in total. The van der Waals surface area contributed by atoms with Crippen molar-refractivity contribution >= 4 is 5.57 Å².